The first-order valence-corrected chi connectivity index (χ1v) is 8.17. The van der Waals surface area contributed by atoms with Gasteiger partial charge in [0.2, 0.25) is 0 Å². The molecule has 21 heavy (non-hydrogen) atoms. The van der Waals surface area contributed by atoms with Gasteiger partial charge in [0.15, 0.2) is 0 Å². The van der Waals surface area contributed by atoms with Crippen LogP contribution in [0.3, 0.4) is 0 Å². The predicted molar refractivity (Wildman–Crippen MR) is 92.0 cm³/mol. The average molecular weight is 348 g/mol. The van der Waals surface area contributed by atoms with Gasteiger partial charge in [-0.1, -0.05) is 58.7 Å². The van der Waals surface area contributed by atoms with Crippen molar-refractivity contribution in [2.75, 3.05) is 13.2 Å². The van der Waals surface area contributed by atoms with E-state index in [0.29, 0.717) is 6.61 Å². The third-order valence-electron chi connectivity index (χ3n) is 3.40. The SMILES string of the molecule is CCNC(c1cc(C)ccc1Br)c1ccccc1OCC. The largest absolute Gasteiger partial charge is 0.494 e. The van der Waals surface area contributed by atoms with Crippen LogP contribution in [-0.4, -0.2) is 13.2 Å². The molecule has 0 bridgehead atoms. The second kappa shape index (κ2) is 7.62. The van der Waals surface area contributed by atoms with Crippen LogP contribution in [0, 0.1) is 6.92 Å². The summed E-state index contributed by atoms with van der Waals surface area (Å²) in [6.07, 6.45) is 0. The zero-order chi connectivity index (χ0) is 15.2. The van der Waals surface area contributed by atoms with Gasteiger partial charge in [0.1, 0.15) is 5.75 Å². The molecule has 1 N–H and O–H groups in total. The molecule has 2 aromatic carbocycles. The summed E-state index contributed by atoms with van der Waals surface area (Å²) in [7, 11) is 0. The van der Waals surface area contributed by atoms with Crippen LogP contribution in [0.15, 0.2) is 46.9 Å². The molecule has 0 saturated carbocycles. The van der Waals surface area contributed by atoms with Crippen molar-refractivity contribution in [3.63, 3.8) is 0 Å². The number of aryl methyl sites for hydroxylation is 1. The number of ether oxygens (including phenoxy) is 1. The molecule has 0 fully saturated rings. The van der Waals surface area contributed by atoms with Crippen molar-refractivity contribution in [2.45, 2.75) is 26.8 Å². The Kier molecular flexibility index (Phi) is 5.83. The Morgan fingerprint density at radius 2 is 1.86 bits per heavy atom. The molecule has 0 aliphatic heterocycles. The predicted octanol–water partition coefficient (Wildman–Crippen LogP) is 4.86. The van der Waals surface area contributed by atoms with E-state index >= 15 is 0 Å². The van der Waals surface area contributed by atoms with E-state index in [1.54, 1.807) is 0 Å². The molecule has 1 atom stereocenters. The standard InChI is InChI=1S/C18H22BrNO/c1-4-20-18(15-12-13(3)10-11-16(15)19)14-8-6-7-9-17(14)21-5-2/h6-12,18,20H,4-5H2,1-3H3. The van der Waals surface area contributed by atoms with E-state index in [1.807, 2.05) is 19.1 Å². The van der Waals surface area contributed by atoms with Gasteiger partial charge in [0.05, 0.1) is 12.6 Å². The Morgan fingerprint density at radius 1 is 1.10 bits per heavy atom. The van der Waals surface area contributed by atoms with E-state index in [-0.39, 0.29) is 6.04 Å². The molecule has 2 aromatic rings. The quantitative estimate of drug-likeness (QED) is 0.805. The topological polar surface area (TPSA) is 21.3 Å². The van der Waals surface area contributed by atoms with E-state index in [4.69, 9.17) is 4.74 Å². The summed E-state index contributed by atoms with van der Waals surface area (Å²) in [5.74, 6) is 0.944. The third-order valence-corrected chi connectivity index (χ3v) is 4.12. The number of rotatable bonds is 6. The fourth-order valence-corrected chi connectivity index (χ4v) is 2.96. The highest BCUT2D eigenvalue weighted by Crippen LogP contribution is 2.34. The molecule has 0 aromatic heterocycles. The average Bonchev–Trinajstić information content (AvgIpc) is 2.49. The lowest BCUT2D eigenvalue weighted by molar-refractivity contribution is 0.333. The number of benzene rings is 2. The van der Waals surface area contributed by atoms with E-state index < -0.39 is 0 Å². The van der Waals surface area contributed by atoms with Crippen molar-refractivity contribution >= 4 is 15.9 Å². The van der Waals surface area contributed by atoms with Crippen molar-refractivity contribution in [1.82, 2.24) is 5.32 Å². The summed E-state index contributed by atoms with van der Waals surface area (Å²) in [5, 5.41) is 3.57. The molecule has 0 amide bonds. The first-order chi connectivity index (χ1) is 10.2. The number of hydrogen-bond donors (Lipinski definition) is 1. The minimum absolute atomic E-state index is 0.118. The van der Waals surface area contributed by atoms with Gasteiger partial charge in [0, 0.05) is 10.0 Å². The lowest BCUT2D eigenvalue weighted by Crippen LogP contribution is -2.23. The maximum atomic E-state index is 5.80. The Balaban J connectivity index is 2.50. The summed E-state index contributed by atoms with van der Waals surface area (Å²) in [6.45, 7) is 7.82. The highest BCUT2D eigenvalue weighted by molar-refractivity contribution is 9.10. The minimum atomic E-state index is 0.118. The molecule has 2 nitrogen and oxygen atoms in total. The van der Waals surface area contributed by atoms with Crippen LogP contribution in [0.5, 0.6) is 5.75 Å². The zero-order valence-corrected chi connectivity index (χ0v) is 14.4. The fourth-order valence-electron chi connectivity index (χ4n) is 2.48. The molecule has 3 heteroatoms. The van der Waals surface area contributed by atoms with Crippen molar-refractivity contribution in [2.24, 2.45) is 0 Å². The Bertz CT molecular complexity index is 598. The van der Waals surface area contributed by atoms with E-state index in [9.17, 15) is 0 Å². The van der Waals surface area contributed by atoms with Gasteiger partial charge < -0.3 is 10.1 Å². The molecule has 0 aliphatic rings. The van der Waals surface area contributed by atoms with Gasteiger partial charge in [-0.3, -0.25) is 0 Å². The van der Waals surface area contributed by atoms with E-state index in [1.165, 1.54) is 16.7 Å². The van der Waals surface area contributed by atoms with Crippen LogP contribution in [0.1, 0.15) is 36.6 Å². The summed E-state index contributed by atoms with van der Waals surface area (Å²) in [5.41, 5.74) is 3.67. The van der Waals surface area contributed by atoms with Crippen molar-refractivity contribution in [1.29, 1.82) is 0 Å². The summed E-state index contributed by atoms with van der Waals surface area (Å²) in [4.78, 5) is 0. The second-order valence-corrected chi connectivity index (χ2v) is 5.84. The third kappa shape index (κ3) is 3.86. The maximum absolute atomic E-state index is 5.80. The smallest absolute Gasteiger partial charge is 0.124 e. The van der Waals surface area contributed by atoms with Crippen LogP contribution < -0.4 is 10.1 Å². The van der Waals surface area contributed by atoms with Gasteiger partial charge >= 0.3 is 0 Å². The van der Waals surface area contributed by atoms with E-state index in [0.717, 1.165) is 16.8 Å². The number of nitrogens with one attached hydrogen (secondary N) is 1. The molecule has 0 saturated heterocycles. The second-order valence-electron chi connectivity index (χ2n) is 4.99. The van der Waals surface area contributed by atoms with Crippen LogP contribution in [0.25, 0.3) is 0 Å². The number of para-hydroxylation sites is 1. The van der Waals surface area contributed by atoms with Crippen LogP contribution >= 0.6 is 15.9 Å². The molecule has 112 valence electrons. The van der Waals surface area contributed by atoms with Gasteiger partial charge in [0.25, 0.3) is 0 Å². The monoisotopic (exact) mass is 347 g/mol. The van der Waals surface area contributed by atoms with Crippen molar-refractivity contribution in [3.8, 4) is 5.75 Å². The Hall–Kier alpha value is -1.32. The van der Waals surface area contributed by atoms with Gasteiger partial charge in [-0.2, -0.15) is 0 Å². The van der Waals surface area contributed by atoms with Gasteiger partial charge in [-0.25, -0.2) is 0 Å². The number of halogens is 1. The molecular formula is C18H22BrNO. The first kappa shape index (κ1) is 16.1. The highest BCUT2D eigenvalue weighted by Gasteiger charge is 2.19. The van der Waals surface area contributed by atoms with Gasteiger partial charge in [-0.15, -0.1) is 0 Å². The lowest BCUT2D eigenvalue weighted by Gasteiger charge is -2.23. The van der Waals surface area contributed by atoms with Crippen LogP contribution in [0.2, 0.25) is 0 Å². The lowest BCUT2D eigenvalue weighted by atomic mass is 9.96. The molecule has 1 unspecified atom stereocenters. The van der Waals surface area contributed by atoms with Crippen molar-refractivity contribution in [3.05, 3.63) is 63.6 Å². The molecular weight excluding hydrogens is 326 g/mol. The first-order valence-electron chi connectivity index (χ1n) is 7.38. The Labute approximate surface area is 135 Å². The normalized spacial score (nSPS) is 12.2. The summed E-state index contributed by atoms with van der Waals surface area (Å²) >= 11 is 3.68. The minimum Gasteiger partial charge on any atom is -0.494 e. The van der Waals surface area contributed by atoms with E-state index in [2.05, 4.69) is 65.4 Å². The molecule has 0 aliphatic carbocycles. The van der Waals surface area contributed by atoms with Crippen molar-refractivity contribution < 1.29 is 4.74 Å². The molecule has 0 radical (unpaired) electrons. The fraction of sp³-hybridized carbons (Fsp3) is 0.333. The van der Waals surface area contributed by atoms with Crippen LogP contribution in [0.4, 0.5) is 0 Å². The zero-order valence-electron chi connectivity index (χ0n) is 12.8. The van der Waals surface area contributed by atoms with Crippen LogP contribution in [-0.2, 0) is 0 Å². The van der Waals surface area contributed by atoms with Gasteiger partial charge in [-0.05, 0) is 38.1 Å². The summed E-state index contributed by atoms with van der Waals surface area (Å²) in [6, 6.07) is 14.8. The summed E-state index contributed by atoms with van der Waals surface area (Å²) < 4.78 is 6.92. The highest BCUT2D eigenvalue weighted by atomic mass is 79.9. The number of hydrogen-bond acceptors (Lipinski definition) is 2. The molecule has 2 rings (SSSR count). The Morgan fingerprint density at radius 3 is 2.57 bits per heavy atom. The molecule has 0 spiro atoms. The molecule has 0 heterocycles. The maximum Gasteiger partial charge on any atom is 0.124 e.